The molecule has 0 saturated carbocycles. The number of hydrogen-bond donors (Lipinski definition) is 1. The summed E-state index contributed by atoms with van der Waals surface area (Å²) >= 11 is 0. The second-order valence-corrected chi connectivity index (χ2v) is 7.43. The molecule has 1 unspecified atom stereocenters. The summed E-state index contributed by atoms with van der Waals surface area (Å²) < 4.78 is 3.82. The minimum Gasteiger partial charge on any atom is -0.311 e. The van der Waals surface area contributed by atoms with Gasteiger partial charge in [0.05, 0.1) is 11.9 Å². The van der Waals surface area contributed by atoms with Crippen molar-refractivity contribution in [2.75, 3.05) is 6.54 Å². The van der Waals surface area contributed by atoms with Crippen molar-refractivity contribution in [2.24, 2.45) is 16.0 Å². The Kier molecular flexibility index (Phi) is 5.39. The maximum atomic E-state index is 4.67. The van der Waals surface area contributed by atoms with Crippen LogP contribution in [0, 0.1) is 5.92 Å². The second-order valence-electron chi connectivity index (χ2n) is 7.43. The molecular weight excluding hydrogens is 366 g/mol. The maximum Gasteiger partial charge on any atom is 0.182 e. The molecular formula is C20H27N9. The van der Waals surface area contributed by atoms with E-state index in [4.69, 9.17) is 0 Å². The lowest BCUT2D eigenvalue weighted by Gasteiger charge is -2.30. The summed E-state index contributed by atoms with van der Waals surface area (Å²) in [5.74, 6) is 0.959. The number of hydrazone groups is 1. The number of allylic oxidation sites excluding steroid dienone is 3. The number of aromatic nitrogens is 5. The van der Waals surface area contributed by atoms with Crippen molar-refractivity contribution in [2.45, 2.75) is 46.7 Å². The van der Waals surface area contributed by atoms with Crippen LogP contribution in [0.2, 0.25) is 0 Å². The Bertz CT molecular complexity index is 978. The fraction of sp³-hybridized carbons (Fsp3) is 0.450. The van der Waals surface area contributed by atoms with Gasteiger partial charge in [0.25, 0.3) is 0 Å². The van der Waals surface area contributed by atoms with Gasteiger partial charge in [-0.1, -0.05) is 13.5 Å². The van der Waals surface area contributed by atoms with Crippen LogP contribution in [0.4, 0.5) is 0 Å². The quantitative estimate of drug-likeness (QED) is 0.841. The zero-order valence-electron chi connectivity index (χ0n) is 17.2. The number of hydrogen-bond acceptors (Lipinski definition) is 7. The third-order valence-corrected chi connectivity index (χ3v) is 5.54. The van der Waals surface area contributed by atoms with E-state index in [1.54, 1.807) is 11.0 Å². The molecule has 0 bridgehead atoms. The van der Waals surface area contributed by atoms with E-state index in [1.807, 2.05) is 18.1 Å². The predicted octanol–water partition coefficient (Wildman–Crippen LogP) is 2.16. The first-order valence-corrected chi connectivity index (χ1v) is 9.96. The zero-order valence-corrected chi connectivity index (χ0v) is 17.2. The third-order valence-electron chi connectivity index (χ3n) is 5.54. The van der Waals surface area contributed by atoms with Gasteiger partial charge >= 0.3 is 0 Å². The topological polar surface area (TPSA) is 88.5 Å². The minimum absolute atomic E-state index is 0.264. The van der Waals surface area contributed by atoms with E-state index in [-0.39, 0.29) is 5.92 Å². The van der Waals surface area contributed by atoms with E-state index in [0.29, 0.717) is 5.84 Å². The van der Waals surface area contributed by atoms with E-state index >= 15 is 0 Å². The van der Waals surface area contributed by atoms with Crippen LogP contribution in [0.15, 0.2) is 52.5 Å². The number of nitrogens with one attached hydrogen (secondary N) is 1. The second kappa shape index (κ2) is 8.12. The zero-order chi connectivity index (χ0) is 20.4. The molecule has 0 aliphatic carbocycles. The van der Waals surface area contributed by atoms with Gasteiger partial charge in [0.15, 0.2) is 5.84 Å². The molecule has 2 aliphatic rings. The van der Waals surface area contributed by atoms with Crippen LogP contribution in [0.1, 0.15) is 38.4 Å². The standard InChI is InChI=1S/C20H27N9/c1-5-16(10-27-18-9-21-7-6-17(18)8-24-27)15(4)19-20(28-13-22-11-25-28)23-12-26-29(19)14(2)3/h8,11-13,16,21H,2,5-7,9-10H2,1,3-4H3. The lowest BCUT2D eigenvalue weighted by Crippen LogP contribution is -2.32. The first kappa shape index (κ1) is 19.3. The summed E-state index contributed by atoms with van der Waals surface area (Å²) in [6, 6.07) is 0. The maximum absolute atomic E-state index is 4.67. The van der Waals surface area contributed by atoms with Gasteiger partial charge in [0.1, 0.15) is 24.7 Å². The van der Waals surface area contributed by atoms with Gasteiger partial charge in [-0.15, -0.1) is 0 Å². The summed E-state index contributed by atoms with van der Waals surface area (Å²) in [5.41, 5.74) is 5.53. The van der Waals surface area contributed by atoms with E-state index in [1.165, 1.54) is 29.5 Å². The van der Waals surface area contributed by atoms with Gasteiger partial charge in [-0.25, -0.2) is 19.7 Å². The van der Waals surface area contributed by atoms with Gasteiger partial charge in [-0.05, 0) is 44.4 Å². The molecule has 0 saturated heterocycles. The van der Waals surface area contributed by atoms with Crippen molar-refractivity contribution in [1.82, 2.24) is 34.9 Å². The average molecular weight is 393 g/mol. The van der Waals surface area contributed by atoms with E-state index < -0.39 is 0 Å². The molecule has 152 valence electrons. The van der Waals surface area contributed by atoms with E-state index in [0.717, 1.165) is 43.9 Å². The Morgan fingerprint density at radius 3 is 2.90 bits per heavy atom. The Balaban J connectivity index is 1.72. The molecule has 1 N–H and O–H groups in total. The van der Waals surface area contributed by atoms with Gasteiger partial charge in [-0.3, -0.25) is 4.68 Å². The van der Waals surface area contributed by atoms with Gasteiger partial charge in [0.2, 0.25) is 0 Å². The molecule has 0 amide bonds. The highest BCUT2D eigenvalue weighted by atomic mass is 15.5. The number of aliphatic imine (C=N–C) groups is 1. The first-order valence-electron chi connectivity index (χ1n) is 9.96. The van der Waals surface area contributed by atoms with Gasteiger partial charge in [-0.2, -0.15) is 15.3 Å². The number of rotatable bonds is 5. The van der Waals surface area contributed by atoms with Crippen LogP contribution in [-0.4, -0.2) is 48.3 Å². The Morgan fingerprint density at radius 1 is 1.31 bits per heavy atom. The lowest BCUT2D eigenvalue weighted by atomic mass is 9.94. The first-order chi connectivity index (χ1) is 14.1. The monoisotopic (exact) mass is 393 g/mol. The lowest BCUT2D eigenvalue weighted by molar-refractivity contribution is 0.412. The van der Waals surface area contributed by atoms with Crippen molar-refractivity contribution >= 4 is 12.2 Å². The van der Waals surface area contributed by atoms with Crippen molar-refractivity contribution in [3.63, 3.8) is 0 Å². The fourth-order valence-corrected chi connectivity index (χ4v) is 3.89. The van der Waals surface area contributed by atoms with Crippen molar-refractivity contribution in [3.8, 4) is 0 Å². The molecule has 0 fully saturated rings. The smallest absolute Gasteiger partial charge is 0.182 e. The molecule has 29 heavy (non-hydrogen) atoms. The van der Waals surface area contributed by atoms with Crippen LogP contribution >= 0.6 is 0 Å². The van der Waals surface area contributed by atoms with Gasteiger partial charge < -0.3 is 5.32 Å². The summed E-state index contributed by atoms with van der Waals surface area (Å²) in [4.78, 5) is 8.58. The number of nitrogens with zero attached hydrogens (tertiary/aromatic N) is 8. The Morgan fingerprint density at radius 2 is 2.17 bits per heavy atom. The van der Waals surface area contributed by atoms with Crippen molar-refractivity contribution in [3.05, 3.63) is 53.7 Å². The molecule has 2 aromatic rings. The van der Waals surface area contributed by atoms with E-state index in [9.17, 15) is 0 Å². The molecule has 0 aromatic carbocycles. The molecule has 9 heteroatoms. The van der Waals surface area contributed by atoms with Crippen molar-refractivity contribution in [1.29, 1.82) is 0 Å². The SMILES string of the molecule is C=C(C)N1N=CN=C(n2cncn2)C1=C(C)C(CC)Cn1ncc2c1CNCC2. The van der Waals surface area contributed by atoms with Crippen LogP contribution in [0.3, 0.4) is 0 Å². The molecule has 2 aromatic heterocycles. The summed E-state index contributed by atoms with van der Waals surface area (Å²) in [6.07, 6.45) is 8.70. The molecule has 0 spiro atoms. The van der Waals surface area contributed by atoms with E-state index in [2.05, 4.69) is 55.7 Å². The molecule has 1 atom stereocenters. The minimum atomic E-state index is 0.264. The highest BCUT2D eigenvalue weighted by Crippen LogP contribution is 2.28. The molecule has 2 aliphatic heterocycles. The highest BCUT2D eigenvalue weighted by Gasteiger charge is 2.27. The summed E-state index contributed by atoms with van der Waals surface area (Å²) in [5, 5.41) is 18.7. The summed E-state index contributed by atoms with van der Waals surface area (Å²) in [6.45, 7) is 13.1. The normalized spacial score (nSPS) is 19.0. The predicted molar refractivity (Wildman–Crippen MR) is 112 cm³/mol. The third kappa shape index (κ3) is 3.65. The van der Waals surface area contributed by atoms with Crippen LogP contribution < -0.4 is 5.32 Å². The van der Waals surface area contributed by atoms with Crippen LogP contribution in [0.5, 0.6) is 0 Å². The summed E-state index contributed by atoms with van der Waals surface area (Å²) in [7, 11) is 0. The molecule has 4 heterocycles. The Labute approximate surface area is 170 Å². The largest absolute Gasteiger partial charge is 0.311 e. The van der Waals surface area contributed by atoms with Crippen molar-refractivity contribution < 1.29 is 0 Å². The fourth-order valence-electron chi connectivity index (χ4n) is 3.89. The number of fused-ring (bicyclic) bond motifs is 1. The van der Waals surface area contributed by atoms with Crippen LogP contribution in [0.25, 0.3) is 0 Å². The molecule has 9 nitrogen and oxygen atoms in total. The van der Waals surface area contributed by atoms with Gasteiger partial charge in [0, 0.05) is 24.7 Å². The Hall–Kier alpha value is -3.07. The van der Waals surface area contributed by atoms with Crippen LogP contribution in [-0.2, 0) is 19.5 Å². The molecule has 4 rings (SSSR count). The molecule has 0 radical (unpaired) electrons. The highest BCUT2D eigenvalue weighted by molar-refractivity contribution is 6.04. The average Bonchev–Trinajstić information content (AvgIpc) is 3.41.